The number of hydrogen-bond acceptors (Lipinski definition) is 1. The average Bonchev–Trinajstić information content (AvgIpc) is 2.47. The number of rotatable bonds is 2. The van der Waals surface area contributed by atoms with E-state index in [1.165, 1.54) is 57.8 Å². The highest BCUT2D eigenvalue weighted by molar-refractivity contribution is 4.85. The van der Waals surface area contributed by atoms with Crippen LogP contribution in [0.4, 0.5) is 0 Å². The molecule has 2 saturated carbocycles. The monoisotopic (exact) mass is 237 g/mol. The molecule has 17 heavy (non-hydrogen) atoms. The molecule has 1 N–H and O–H groups in total. The van der Waals surface area contributed by atoms with Gasteiger partial charge in [0.2, 0.25) is 0 Å². The summed E-state index contributed by atoms with van der Waals surface area (Å²) in [5.41, 5.74) is 0.607. The summed E-state index contributed by atoms with van der Waals surface area (Å²) in [7, 11) is 0. The van der Waals surface area contributed by atoms with Crippen LogP contribution in [0.15, 0.2) is 0 Å². The molecule has 0 aromatic heterocycles. The van der Waals surface area contributed by atoms with E-state index >= 15 is 0 Å². The zero-order valence-corrected chi connectivity index (χ0v) is 12.1. The first-order valence-electron chi connectivity index (χ1n) is 7.81. The SMILES string of the molecule is CC1CCCC(NC2CCC(C)(C)CC2)CC1. The minimum absolute atomic E-state index is 0.607. The Morgan fingerprint density at radius 1 is 0.824 bits per heavy atom. The summed E-state index contributed by atoms with van der Waals surface area (Å²) < 4.78 is 0. The van der Waals surface area contributed by atoms with Gasteiger partial charge in [0.1, 0.15) is 0 Å². The van der Waals surface area contributed by atoms with E-state index < -0.39 is 0 Å². The van der Waals surface area contributed by atoms with Gasteiger partial charge < -0.3 is 5.32 Å². The topological polar surface area (TPSA) is 12.0 Å². The quantitative estimate of drug-likeness (QED) is 0.697. The highest BCUT2D eigenvalue weighted by Gasteiger charge is 2.28. The second kappa shape index (κ2) is 5.73. The predicted octanol–water partition coefficient (Wildman–Crippen LogP) is 4.51. The summed E-state index contributed by atoms with van der Waals surface area (Å²) in [6, 6.07) is 1.65. The molecule has 0 spiro atoms. The first-order chi connectivity index (χ1) is 8.05. The molecule has 2 fully saturated rings. The van der Waals surface area contributed by atoms with E-state index in [1.807, 2.05) is 0 Å². The van der Waals surface area contributed by atoms with E-state index in [1.54, 1.807) is 0 Å². The maximum atomic E-state index is 3.96. The molecule has 0 aromatic carbocycles. The fourth-order valence-corrected chi connectivity index (χ4v) is 3.55. The van der Waals surface area contributed by atoms with Crippen molar-refractivity contribution in [3.8, 4) is 0 Å². The Balaban J connectivity index is 1.74. The molecule has 1 heteroatoms. The molecule has 2 unspecified atom stereocenters. The molecule has 1 nitrogen and oxygen atoms in total. The number of nitrogens with one attached hydrogen (secondary N) is 1. The molecule has 2 aliphatic carbocycles. The van der Waals surface area contributed by atoms with Gasteiger partial charge in [0, 0.05) is 12.1 Å². The zero-order valence-electron chi connectivity index (χ0n) is 12.1. The van der Waals surface area contributed by atoms with Gasteiger partial charge in [-0.15, -0.1) is 0 Å². The van der Waals surface area contributed by atoms with Gasteiger partial charge in [-0.25, -0.2) is 0 Å². The molecule has 0 amide bonds. The standard InChI is InChI=1S/C16H31N/c1-13-5-4-6-14(8-7-13)17-15-9-11-16(2,3)12-10-15/h13-15,17H,4-12H2,1-3H3. The normalized spacial score (nSPS) is 35.5. The second-order valence-corrected chi connectivity index (χ2v) is 7.42. The molecule has 2 atom stereocenters. The Labute approximate surface area is 108 Å². The van der Waals surface area contributed by atoms with Crippen molar-refractivity contribution >= 4 is 0 Å². The van der Waals surface area contributed by atoms with Crippen molar-refractivity contribution in [3.63, 3.8) is 0 Å². The fraction of sp³-hybridized carbons (Fsp3) is 1.00. The Hall–Kier alpha value is -0.0400. The molecule has 0 aromatic rings. The number of hydrogen-bond donors (Lipinski definition) is 1. The van der Waals surface area contributed by atoms with Crippen molar-refractivity contribution in [2.45, 2.75) is 90.6 Å². The van der Waals surface area contributed by atoms with Crippen LogP contribution in [0.3, 0.4) is 0 Å². The Kier molecular flexibility index (Phi) is 4.52. The van der Waals surface area contributed by atoms with Crippen LogP contribution >= 0.6 is 0 Å². The van der Waals surface area contributed by atoms with Crippen LogP contribution in [0.5, 0.6) is 0 Å². The highest BCUT2D eigenvalue weighted by atomic mass is 15.0. The van der Waals surface area contributed by atoms with E-state index in [2.05, 4.69) is 26.1 Å². The lowest BCUT2D eigenvalue weighted by molar-refractivity contribution is 0.195. The summed E-state index contributed by atoms with van der Waals surface area (Å²) in [6.07, 6.45) is 12.8. The summed E-state index contributed by atoms with van der Waals surface area (Å²) in [5, 5.41) is 3.96. The van der Waals surface area contributed by atoms with Crippen LogP contribution in [-0.2, 0) is 0 Å². The fourth-order valence-electron chi connectivity index (χ4n) is 3.55. The van der Waals surface area contributed by atoms with Gasteiger partial charge >= 0.3 is 0 Å². The van der Waals surface area contributed by atoms with E-state index in [0.717, 1.165) is 18.0 Å². The van der Waals surface area contributed by atoms with E-state index in [0.29, 0.717) is 5.41 Å². The maximum absolute atomic E-state index is 3.96. The van der Waals surface area contributed by atoms with Crippen molar-refractivity contribution in [3.05, 3.63) is 0 Å². The lowest BCUT2D eigenvalue weighted by Crippen LogP contribution is -2.41. The lowest BCUT2D eigenvalue weighted by atomic mass is 9.75. The largest absolute Gasteiger partial charge is 0.311 e. The van der Waals surface area contributed by atoms with Crippen molar-refractivity contribution in [1.29, 1.82) is 0 Å². The van der Waals surface area contributed by atoms with Gasteiger partial charge in [-0.2, -0.15) is 0 Å². The van der Waals surface area contributed by atoms with Gasteiger partial charge in [0.15, 0.2) is 0 Å². The van der Waals surface area contributed by atoms with Crippen molar-refractivity contribution < 1.29 is 0 Å². The van der Waals surface area contributed by atoms with Gasteiger partial charge in [0.25, 0.3) is 0 Å². The minimum atomic E-state index is 0.607. The van der Waals surface area contributed by atoms with Crippen molar-refractivity contribution in [2.75, 3.05) is 0 Å². The molecule has 0 bridgehead atoms. The van der Waals surface area contributed by atoms with Crippen LogP contribution < -0.4 is 5.32 Å². The predicted molar refractivity (Wildman–Crippen MR) is 75.2 cm³/mol. The molecular weight excluding hydrogens is 206 g/mol. The summed E-state index contributed by atoms with van der Waals surface area (Å²) >= 11 is 0. The molecule has 2 aliphatic rings. The molecule has 100 valence electrons. The van der Waals surface area contributed by atoms with Crippen molar-refractivity contribution in [1.82, 2.24) is 5.32 Å². The third-order valence-electron chi connectivity index (χ3n) is 5.07. The zero-order chi connectivity index (χ0) is 12.3. The Morgan fingerprint density at radius 2 is 1.47 bits per heavy atom. The summed E-state index contributed by atoms with van der Waals surface area (Å²) in [5.74, 6) is 0.965. The molecular formula is C16H31N. The molecule has 0 saturated heterocycles. The van der Waals surface area contributed by atoms with Crippen LogP contribution in [0.2, 0.25) is 0 Å². The van der Waals surface area contributed by atoms with E-state index in [-0.39, 0.29) is 0 Å². The van der Waals surface area contributed by atoms with Crippen LogP contribution in [0.25, 0.3) is 0 Å². The Morgan fingerprint density at radius 3 is 2.18 bits per heavy atom. The summed E-state index contributed by atoms with van der Waals surface area (Å²) in [6.45, 7) is 7.28. The maximum Gasteiger partial charge on any atom is 0.00700 e. The van der Waals surface area contributed by atoms with Gasteiger partial charge in [-0.1, -0.05) is 33.6 Å². The van der Waals surface area contributed by atoms with Gasteiger partial charge in [-0.3, -0.25) is 0 Å². The van der Waals surface area contributed by atoms with Crippen LogP contribution in [-0.4, -0.2) is 12.1 Å². The third-order valence-corrected chi connectivity index (χ3v) is 5.07. The first kappa shape index (κ1) is 13.4. The molecule has 0 heterocycles. The van der Waals surface area contributed by atoms with E-state index in [9.17, 15) is 0 Å². The lowest BCUT2D eigenvalue weighted by Gasteiger charge is -2.36. The van der Waals surface area contributed by atoms with Gasteiger partial charge in [-0.05, 0) is 56.3 Å². The van der Waals surface area contributed by atoms with E-state index in [4.69, 9.17) is 0 Å². The Bertz CT molecular complexity index is 224. The minimum Gasteiger partial charge on any atom is -0.311 e. The smallest absolute Gasteiger partial charge is 0.00700 e. The molecule has 0 aliphatic heterocycles. The average molecular weight is 237 g/mol. The molecule has 0 radical (unpaired) electrons. The highest BCUT2D eigenvalue weighted by Crippen LogP contribution is 2.35. The van der Waals surface area contributed by atoms with Gasteiger partial charge in [0.05, 0.1) is 0 Å². The summed E-state index contributed by atoms with van der Waals surface area (Å²) in [4.78, 5) is 0. The second-order valence-electron chi connectivity index (χ2n) is 7.42. The third kappa shape index (κ3) is 4.28. The molecule has 2 rings (SSSR count). The van der Waals surface area contributed by atoms with Crippen LogP contribution in [0.1, 0.15) is 78.6 Å². The van der Waals surface area contributed by atoms with Crippen molar-refractivity contribution in [2.24, 2.45) is 11.3 Å². The van der Waals surface area contributed by atoms with Crippen LogP contribution in [0, 0.1) is 11.3 Å². The first-order valence-corrected chi connectivity index (χ1v) is 7.81.